The minimum absolute atomic E-state index is 0.319. The Morgan fingerprint density at radius 1 is 0.895 bits per heavy atom. The summed E-state index contributed by atoms with van der Waals surface area (Å²) < 4.78 is 5.54. The van der Waals surface area contributed by atoms with Gasteiger partial charge in [0.25, 0.3) is 0 Å². The molecule has 0 heterocycles. The molecule has 0 saturated heterocycles. The van der Waals surface area contributed by atoms with Crippen molar-refractivity contribution in [1.29, 1.82) is 0 Å². The molecule has 19 heavy (non-hydrogen) atoms. The van der Waals surface area contributed by atoms with Crippen LogP contribution in [0.4, 0.5) is 0 Å². The first-order valence-electron chi connectivity index (χ1n) is 6.46. The summed E-state index contributed by atoms with van der Waals surface area (Å²) in [5, 5.41) is 14.1. The lowest BCUT2D eigenvalue weighted by Gasteiger charge is -2.09. The number of benzene rings is 3. The zero-order chi connectivity index (χ0) is 13.2. The Morgan fingerprint density at radius 2 is 1.53 bits per heavy atom. The van der Waals surface area contributed by atoms with Gasteiger partial charge in [0.2, 0.25) is 0 Å². The fraction of sp³-hybridized carbons (Fsp3) is 0.176. The fourth-order valence-corrected chi connectivity index (χ4v) is 2.22. The van der Waals surface area contributed by atoms with Gasteiger partial charge in [-0.05, 0) is 52.7 Å². The molecule has 0 saturated carbocycles. The Balaban J connectivity index is 2.04. The molecular formula is C17H16O2. The van der Waals surface area contributed by atoms with Gasteiger partial charge in [-0.25, -0.2) is 0 Å². The highest BCUT2D eigenvalue weighted by Crippen LogP contribution is 2.26. The summed E-state index contributed by atoms with van der Waals surface area (Å²) >= 11 is 0. The highest BCUT2D eigenvalue weighted by atomic mass is 16.5. The topological polar surface area (TPSA) is 29.5 Å². The molecule has 0 aromatic heterocycles. The van der Waals surface area contributed by atoms with Gasteiger partial charge in [-0.3, -0.25) is 0 Å². The number of aliphatic hydroxyl groups is 1. The van der Waals surface area contributed by atoms with Crippen molar-refractivity contribution in [3.63, 3.8) is 0 Å². The van der Waals surface area contributed by atoms with Crippen LogP contribution in [0, 0.1) is 0 Å². The van der Waals surface area contributed by atoms with Crippen LogP contribution in [0.3, 0.4) is 0 Å². The first-order valence-corrected chi connectivity index (χ1v) is 6.46. The summed E-state index contributed by atoms with van der Waals surface area (Å²) in [6.45, 7) is 2.04. The standard InChI is InChI=1S/C17H16O2/c1-12(18)11-19-17-7-6-15-8-13-4-2-3-5-14(13)9-16(15)10-17/h2-10,12,18H,11H2,1H3. The van der Waals surface area contributed by atoms with Gasteiger partial charge in [0.05, 0.1) is 6.10 Å². The molecule has 1 N–H and O–H groups in total. The van der Waals surface area contributed by atoms with E-state index in [1.165, 1.54) is 16.2 Å². The molecule has 0 aliphatic rings. The van der Waals surface area contributed by atoms with Gasteiger partial charge in [-0.15, -0.1) is 0 Å². The van der Waals surface area contributed by atoms with Crippen LogP contribution in [0.5, 0.6) is 5.75 Å². The number of fused-ring (bicyclic) bond motifs is 2. The minimum Gasteiger partial charge on any atom is -0.491 e. The quantitative estimate of drug-likeness (QED) is 0.719. The van der Waals surface area contributed by atoms with Crippen molar-refractivity contribution in [2.24, 2.45) is 0 Å². The second-order valence-corrected chi connectivity index (χ2v) is 4.87. The molecule has 3 aromatic carbocycles. The first-order chi connectivity index (χ1) is 9.22. The van der Waals surface area contributed by atoms with Gasteiger partial charge >= 0.3 is 0 Å². The summed E-state index contributed by atoms with van der Waals surface area (Å²) in [4.78, 5) is 0. The van der Waals surface area contributed by atoms with Gasteiger partial charge in [-0.2, -0.15) is 0 Å². The van der Waals surface area contributed by atoms with Crippen LogP contribution < -0.4 is 4.74 Å². The van der Waals surface area contributed by atoms with E-state index in [1.54, 1.807) is 6.92 Å². The van der Waals surface area contributed by atoms with Crippen molar-refractivity contribution in [1.82, 2.24) is 0 Å². The Kier molecular flexibility index (Phi) is 3.10. The molecule has 96 valence electrons. The van der Waals surface area contributed by atoms with E-state index in [0.29, 0.717) is 6.61 Å². The molecule has 0 aliphatic carbocycles. The zero-order valence-electron chi connectivity index (χ0n) is 10.8. The number of rotatable bonds is 3. The number of aliphatic hydroxyl groups excluding tert-OH is 1. The molecule has 1 atom stereocenters. The Morgan fingerprint density at radius 3 is 2.21 bits per heavy atom. The maximum absolute atomic E-state index is 9.24. The van der Waals surface area contributed by atoms with E-state index in [9.17, 15) is 5.11 Å². The second-order valence-electron chi connectivity index (χ2n) is 4.87. The van der Waals surface area contributed by atoms with Crippen molar-refractivity contribution in [2.45, 2.75) is 13.0 Å². The molecule has 0 bridgehead atoms. The van der Waals surface area contributed by atoms with Crippen LogP contribution >= 0.6 is 0 Å². The zero-order valence-corrected chi connectivity index (χ0v) is 10.8. The first kappa shape index (κ1) is 12.0. The van der Waals surface area contributed by atoms with E-state index in [2.05, 4.69) is 30.3 Å². The third-order valence-electron chi connectivity index (χ3n) is 3.17. The summed E-state index contributed by atoms with van der Waals surface area (Å²) in [7, 11) is 0. The molecule has 1 unspecified atom stereocenters. The molecule has 3 rings (SSSR count). The third-order valence-corrected chi connectivity index (χ3v) is 3.17. The summed E-state index contributed by atoms with van der Waals surface area (Å²) in [6.07, 6.45) is -0.452. The van der Waals surface area contributed by atoms with Crippen molar-refractivity contribution in [3.8, 4) is 5.75 Å². The van der Waals surface area contributed by atoms with Gasteiger partial charge in [0.15, 0.2) is 0 Å². The van der Waals surface area contributed by atoms with Crippen molar-refractivity contribution >= 4 is 21.5 Å². The molecular weight excluding hydrogens is 236 g/mol. The SMILES string of the molecule is CC(O)COc1ccc2cc3ccccc3cc2c1. The lowest BCUT2D eigenvalue weighted by Crippen LogP contribution is -2.12. The monoisotopic (exact) mass is 252 g/mol. The van der Waals surface area contributed by atoms with Crippen LogP contribution in [0.25, 0.3) is 21.5 Å². The van der Waals surface area contributed by atoms with E-state index in [4.69, 9.17) is 4.74 Å². The maximum Gasteiger partial charge on any atom is 0.120 e. The van der Waals surface area contributed by atoms with Crippen LogP contribution in [0.1, 0.15) is 6.92 Å². The summed E-state index contributed by atoms with van der Waals surface area (Å²) in [5.41, 5.74) is 0. The Labute approximate surface area is 112 Å². The maximum atomic E-state index is 9.24. The van der Waals surface area contributed by atoms with Gasteiger partial charge < -0.3 is 9.84 Å². The predicted molar refractivity (Wildman–Crippen MR) is 78.6 cm³/mol. The molecule has 2 nitrogen and oxygen atoms in total. The fourth-order valence-electron chi connectivity index (χ4n) is 2.22. The average Bonchev–Trinajstić information content (AvgIpc) is 2.42. The molecule has 0 radical (unpaired) electrons. The van der Waals surface area contributed by atoms with E-state index in [1.807, 2.05) is 24.3 Å². The smallest absolute Gasteiger partial charge is 0.120 e. The lowest BCUT2D eigenvalue weighted by atomic mass is 10.0. The van der Waals surface area contributed by atoms with Gasteiger partial charge in [0, 0.05) is 0 Å². The average molecular weight is 252 g/mol. The molecule has 0 spiro atoms. The number of hydrogen-bond donors (Lipinski definition) is 1. The van der Waals surface area contributed by atoms with E-state index >= 15 is 0 Å². The van der Waals surface area contributed by atoms with Gasteiger partial charge in [0.1, 0.15) is 12.4 Å². The van der Waals surface area contributed by atoms with Crippen LogP contribution in [-0.4, -0.2) is 17.8 Å². The molecule has 0 aliphatic heterocycles. The summed E-state index contributed by atoms with van der Waals surface area (Å²) in [5.74, 6) is 0.795. The van der Waals surface area contributed by atoms with Crippen LogP contribution in [0.15, 0.2) is 54.6 Å². The van der Waals surface area contributed by atoms with E-state index < -0.39 is 6.10 Å². The summed E-state index contributed by atoms with van der Waals surface area (Å²) in [6, 6.07) is 18.7. The van der Waals surface area contributed by atoms with E-state index in [-0.39, 0.29) is 0 Å². The predicted octanol–water partition coefficient (Wildman–Crippen LogP) is 3.75. The molecule has 2 heteroatoms. The molecule has 3 aromatic rings. The number of ether oxygens (including phenoxy) is 1. The molecule has 0 amide bonds. The van der Waals surface area contributed by atoms with Crippen molar-refractivity contribution in [3.05, 3.63) is 54.6 Å². The largest absolute Gasteiger partial charge is 0.491 e. The second kappa shape index (κ2) is 4.90. The number of hydrogen-bond acceptors (Lipinski definition) is 2. The van der Waals surface area contributed by atoms with Crippen molar-refractivity contribution in [2.75, 3.05) is 6.61 Å². The van der Waals surface area contributed by atoms with Crippen LogP contribution in [-0.2, 0) is 0 Å². The molecule has 0 fully saturated rings. The Hall–Kier alpha value is -2.06. The minimum atomic E-state index is -0.452. The lowest BCUT2D eigenvalue weighted by molar-refractivity contribution is 0.123. The third kappa shape index (κ3) is 2.54. The van der Waals surface area contributed by atoms with Crippen LogP contribution in [0.2, 0.25) is 0 Å². The van der Waals surface area contributed by atoms with E-state index in [0.717, 1.165) is 11.1 Å². The highest BCUT2D eigenvalue weighted by Gasteiger charge is 2.02. The highest BCUT2D eigenvalue weighted by molar-refractivity contribution is 5.98. The Bertz CT molecular complexity index is 717. The van der Waals surface area contributed by atoms with Gasteiger partial charge in [-0.1, -0.05) is 30.3 Å². The van der Waals surface area contributed by atoms with Crippen molar-refractivity contribution < 1.29 is 9.84 Å². The normalized spacial score (nSPS) is 12.7.